The van der Waals surface area contributed by atoms with Crippen LogP contribution in [-0.2, 0) is 0 Å². The van der Waals surface area contributed by atoms with E-state index in [1.165, 1.54) is 6.08 Å². The molecule has 0 heterocycles. The van der Waals surface area contributed by atoms with E-state index < -0.39 is 5.60 Å². The van der Waals surface area contributed by atoms with Crippen LogP contribution in [-0.4, -0.2) is 18.6 Å². The van der Waals surface area contributed by atoms with Gasteiger partial charge in [0, 0.05) is 0 Å². The van der Waals surface area contributed by atoms with Crippen LogP contribution in [0.4, 0.5) is 0 Å². The van der Waals surface area contributed by atoms with Crippen molar-refractivity contribution in [2.75, 3.05) is 0 Å². The molecule has 0 unspecified atom stereocenters. The summed E-state index contributed by atoms with van der Waals surface area (Å²) in [6.45, 7) is 10.2. The Bertz CT molecular complexity index is 103. The van der Waals surface area contributed by atoms with Crippen molar-refractivity contribution in [2.24, 2.45) is 0 Å². The van der Waals surface area contributed by atoms with E-state index in [4.69, 9.17) is 13.0 Å². The third kappa shape index (κ3) is 26.4. The van der Waals surface area contributed by atoms with Crippen molar-refractivity contribution < 1.29 is 5.11 Å². The minimum Gasteiger partial charge on any atom is -0.386 e. The minimum atomic E-state index is -0.694. The molecule has 2 radical (unpaired) electrons. The minimum absolute atomic E-state index is 0.694. The summed E-state index contributed by atoms with van der Waals surface area (Å²) in [5, 5.41) is 8.71. The van der Waals surface area contributed by atoms with E-state index in [1.807, 2.05) is 0 Å². The summed E-state index contributed by atoms with van der Waals surface area (Å²) in [5.74, 6) is 0. The predicted molar refractivity (Wildman–Crippen MR) is 51.9 cm³/mol. The first-order valence-corrected chi connectivity index (χ1v) is 3.65. The molecule has 0 saturated carbocycles. The van der Waals surface area contributed by atoms with Gasteiger partial charge in [0.1, 0.15) is 0 Å². The highest BCUT2D eigenvalue weighted by molar-refractivity contribution is 6.08. The molecule has 0 atom stereocenters. The van der Waals surface area contributed by atoms with Gasteiger partial charge in [0.15, 0.2) is 0 Å². The van der Waals surface area contributed by atoms with E-state index in [9.17, 15) is 0 Å². The van der Waals surface area contributed by atoms with Gasteiger partial charge in [0.05, 0.1) is 13.4 Å². The molecule has 0 bridgehead atoms. The molecule has 0 saturated heterocycles. The maximum absolute atomic E-state index is 8.71. The molecule has 0 aromatic heterocycles. The fourth-order valence-corrected chi connectivity index (χ4v) is 0.118. The Hall–Kier alpha value is -0.495. The number of aliphatic hydroxyl groups is 1. The van der Waals surface area contributed by atoms with Gasteiger partial charge < -0.3 is 5.11 Å². The first kappa shape index (κ1) is 13.1. The molecule has 1 N–H and O–H groups in total. The van der Waals surface area contributed by atoms with E-state index in [1.54, 1.807) is 19.9 Å². The van der Waals surface area contributed by atoms with Crippen molar-refractivity contribution >= 4 is 7.85 Å². The highest BCUT2D eigenvalue weighted by atomic mass is 16.3. The Labute approximate surface area is 71.2 Å². The molecule has 62 valence electrons. The van der Waals surface area contributed by atoms with E-state index >= 15 is 0 Å². The maximum atomic E-state index is 8.71. The number of allylic oxidation sites excluding steroid dienone is 1. The van der Waals surface area contributed by atoms with Crippen LogP contribution in [0.2, 0.25) is 6.32 Å². The molecular weight excluding hydrogens is 135 g/mol. The van der Waals surface area contributed by atoms with Crippen molar-refractivity contribution in [1.29, 1.82) is 0 Å². The lowest BCUT2D eigenvalue weighted by molar-refractivity contribution is 0.133. The van der Waals surface area contributed by atoms with Crippen LogP contribution < -0.4 is 0 Å². The Morgan fingerprint density at radius 1 is 1.45 bits per heavy atom. The fraction of sp³-hybridized carbons (Fsp3) is 0.556. The Morgan fingerprint density at radius 2 is 1.82 bits per heavy atom. The molecule has 0 rings (SSSR count). The van der Waals surface area contributed by atoms with Gasteiger partial charge in [-0.15, -0.1) is 13.2 Å². The van der Waals surface area contributed by atoms with E-state index in [0.29, 0.717) is 0 Å². The van der Waals surface area contributed by atoms with Crippen LogP contribution in [0.25, 0.3) is 0 Å². The summed E-state index contributed by atoms with van der Waals surface area (Å²) >= 11 is 0. The van der Waals surface area contributed by atoms with Crippen molar-refractivity contribution in [1.82, 2.24) is 0 Å². The van der Waals surface area contributed by atoms with E-state index in [0.717, 1.165) is 12.7 Å². The molecule has 1 nitrogen and oxygen atoms in total. The van der Waals surface area contributed by atoms with Crippen molar-refractivity contribution in [3.63, 3.8) is 0 Å². The lowest BCUT2D eigenvalue weighted by Crippen LogP contribution is -2.12. The van der Waals surface area contributed by atoms with E-state index in [-0.39, 0.29) is 0 Å². The molecule has 0 aromatic carbocycles. The maximum Gasteiger partial charge on any atom is 0.0769 e. The van der Waals surface area contributed by atoms with Gasteiger partial charge in [-0.2, -0.15) is 0 Å². The van der Waals surface area contributed by atoms with Crippen LogP contribution >= 0.6 is 0 Å². The summed E-state index contributed by atoms with van der Waals surface area (Å²) < 4.78 is 0. The largest absolute Gasteiger partial charge is 0.386 e. The average molecular weight is 152 g/mol. The summed E-state index contributed by atoms with van der Waals surface area (Å²) in [6, 6.07) is 0. The summed E-state index contributed by atoms with van der Waals surface area (Å²) in [6.07, 6.45) is 4.95. The molecule has 0 aliphatic rings. The fourth-order valence-electron chi connectivity index (χ4n) is 0.118. The van der Waals surface area contributed by atoms with Crippen molar-refractivity contribution in [2.45, 2.75) is 32.2 Å². The second kappa shape index (κ2) is 7.61. The molecule has 2 heteroatoms. The normalized spacial score (nSPS) is 9.36. The molecule has 0 amide bonds. The quantitative estimate of drug-likeness (QED) is 0.484. The Balaban J connectivity index is 0. The van der Waals surface area contributed by atoms with E-state index in [2.05, 4.69) is 13.2 Å². The highest BCUT2D eigenvalue weighted by Crippen LogP contribution is 1.98. The Morgan fingerprint density at radius 3 is 1.82 bits per heavy atom. The monoisotopic (exact) mass is 152 g/mol. The zero-order valence-electron chi connectivity index (χ0n) is 7.51. The zero-order chi connectivity index (χ0) is 9.33. The molecule has 0 aliphatic heterocycles. The average Bonchev–Trinajstić information content (AvgIpc) is 1.90. The van der Waals surface area contributed by atoms with Crippen LogP contribution in [0.15, 0.2) is 25.3 Å². The van der Waals surface area contributed by atoms with Gasteiger partial charge in [-0.05, 0) is 20.3 Å². The highest BCUT2D eigenvalue weighted by Gasteiger charge is 2.02. The molecule has 0 aliphatic carbocycles. The van der Waals surface area contributed by atoms with Crippen molar-refractivity contribution in [3.05, 3.63) is 25.3 Å². The SMILES string of the molecule is C=CC(C)(C)O.[B]CCC=C. The number of rotatable bonds is 3. The first-order chi connectivity index (χ1) is 4.97. The van der Waals surface area contributed by atoms with Gasteiger partial charge in [0.2, 0.25) is 0 Å². The molecular formula is C9H17BO. The van der Waals surface area contributed by atoms with Gasteiger partial charge in [-0.25, -0.2) is 0 Å². The van der Waals surface area contributed by atoms with Gasteiger partial charge >= 0.3 is 0 Å². The standard InChI is InChI=1S/C5H10O.C4H7B/c1-4-5(2,3)6;1-2-3-4-5/h4,6H,1H2,2-3H3;2H,1,3-4H2. The van der Waals surface area contributed by atoms with Crippen LogP contribution in [0.1, 0.15) is 20.3 Å². The van der Waals surface area contributed by atoms with Gasteiger partial charge in [0.25, 0.3) is 0 Å². The molecule has 11 heavy (non-hydrogen) atoms. The van der Waals surface area contributed by atoms with Gasteiger partial charge in [-0.1, -0.05) is 18.5 Å². The first-order valence-electron chi connectivity index (χ1n) is 3.65. The summed E-state index contributed by atoms with van der Waals surface area (Å²) in [4.78, 5) is 0. The number of hydrogen-bond acceptors (Lipinski definition) is 1. The van der Waals surface area contributed by atoms with Crippen LogP contribution in [0.3, 0.4) is 0 Å². The lowest BCUT2D eigenvalue weighted by Gasteiger charge is -2.07. The molecule has 0 fully saturated rings. The van der Waals surface area contributed by atoms with Gasteiger partial charge in [-0.3, -0.25) is 0 Å². The summed E-state index contributed by atoms with van der Waals surface area (Å²) in [5.41, 5.74) is -0.694. The topological polar surface area (TPSA) is 20.2 Å². The van der Waals surface area contributed by atoms with Crippen LogP contribution in [0, 0.1) is 0 Å². The second-order valence-electron chi connectivity index (χ2n) is 2.72. The second-order valence-corrected chi connectivity index (χ2v) is 2.72. The lowest BCUT2D eigenvalue weighted by atomic mass is 10.0. The molecule has 0 aromatic rings. The van der Waals surface area contributed by atoms with Crippen LogP contribution in [0.5, 0.6) is 0 Å². The van der Waals surface area contributed by atoms with Crippen molar-refractivity contribution in [3.8, 4) is 0 Å². The predicted octanol–water partition coefficient (Wildman–Crippen LogP) is 2.09. The smallest absolute Gasteiger partial charge is 0.0769 e. The summed E-state index contributed by atoms with van der Waals surface area (Å²) in [7, 11) is 5.07. The zero-order valence-corrected chi connectivity index (χ0v) is 7.51. The molecule has 0 spiro atoms. The third-order valence-electron chi connectivity index (χ3n) is 0.870. The number of hydrogen-bond donors (Lipinski definition) is 1. The Kier molecular flexibility index (Phi) is 9.08. The third-order valence-corrected chi connectivity index (χ3v) is 0.870.